The van der Waals surface area contributed by atoms with Crippen molar-refractivity contribution in [1.82, 2.24) is 10.2 Å². The Morgan fingerprint density at radius 3 is 2.00 bits per heavy atom. The summed E-state index contributed by atoms with van der Waals surface area (Å²) >= 11 is 0. The second kappa shape index (κ2) is 13.2. The predicted molar refractivity (Wildman–Crippen MR) is 159 cm³/mol. The molecule has 2 atom stereocenters. The molecule has 0 bridgehead atoms. The van der Waals surface area contributed by atoms with E-state index in [-0.39, 0.29) is 17.7 Å². The van der Waals surface area contributed by atoms with Crippen molar-refractivity contribution in [2.45, 2.75) is 98.9 Å². The van der Waals surface area contributed by atoms with Gasteiger partial charge in [-0.15, -0.1) is 0 Å². The highest BCUT2D eigenvalue weighted by molar-refractivity contribution is 5.99. The highest BCUT2D eigenvalue weighted by atomic mass is 16.6. The van der Waals surface area contributed by atoms with Crippen LogP contribution in [0, 0.1) is 19.8 Å². The molecule has 0 aliphatic rings. The minimum absolute atomic E-state index is 0.0957. The molecule has 0 saturated carbocycles. The lowest BCUT2D eigenvalue weighted by molar-refractivity contribution is -0.147. The molecule has 3 amide bonds. The van der Waals surface area contributed by atoms with Gasteiger partial charge in [-0.2, -0.15) is 0 Å². The van der Waals surface area contributed by atoms with Gasteiger partial charge in [0, 0.05) is 11.2 Å². The average Bonchev–Trinajstić information content (AvgIpc) is 2.80. The van der Waals surface area contributed by atoms with Gasteiger partial charge in [-0.1, -0.05) is 37.6 Å². The van der Waals surface area contributed by atoms with E-state index < -0.39 is 29.3 Å². The Morgan fingerprint density at radius 1 is 0.925 bits per heavy atom. The van der Waals surface area contributed by atoms with Gasteiger partial charge >= 0.3 is 6.09 Å². The first-order valence-corrected chi connectivity index (χ1v) is 13.8. The summed E-state index contributed by atoms with van der Waals surface area (Å²) in [6.07, 6.45) is -0.296. The first-order chi connectivity index (χ1) is 18.4. The molecule has 0 aliphatic carbocycles. The molecule has 2 aromatic carbocycles. The lowest BCUT2D eigenvalue weighted by Crippen LogP contribution is -2.58. The number of methoxy groups -OCH3 is 1. The van der Waals surface area contributed by atoms with Crippen LogP contribution in [-0.2, 0) is 14.3 Å². The maximum absolute atomic E-state index is 14.4. The monoisotopic (exact) mass is 553 g/mol. The summed E-state index contributed by atoms with van der Waals surface area (Å²) in [6.45, 7) is 18.9. The lowest BCUT2D eigenvalue weighted by atomic mass is 9.91. The van der Waals surface area contributed by atoms with E-state index in [0.717, 1.165) is 11.1 Å². The van der Waals surface area contributed by atoms with Gasteiger partial charge in [0.25, 0.3) is 5.91 Å². The maximum atomic E-state index is 14.4. The number of aryl methyl sites for hydroxylation is 2. The highest BCUT2D eigenvalue weighted by Crippen LogP contribution is 2.34. The fraction of sp³-hybridized carbons (Fsp3) is 0.531. The van der Waals surface area contributed by atoms with E-state index in [1.165, 1.54) is 0 Å². The highest BCUT2D eigenvalue weighted by Gasteiger charge is 2.42. The molecule has 0 spiro atoms. The summed E-state index contributed by atoms with van der Waals surface area (Å²) in [4.78, 5) is 42.9. The number of alkyl carbamates (subject to hydrolysis) is 1. The Hall–Kier alpha value is -3.55. The molecule has 40 heavy (non-hydrogen) atoms. The number of carbonyl (C=O) groups excluding carboxylic acids is 3. The SMILES string of the molecule is COc1ccc(NC(=O)C(c2ccc(C)cc2C)N(C(=O)C(CC(C)C)NC(=O)OC(C)(C)C)C(C)(C)C)cc1. The van der Waals surface area contributed by atoms with E-state index in [9.17, 15) is 14.4 Å². The Bertz CT molecular complexity index is 1180. The number of anilines is 1. The number of carbonyl (C=O) groups is 3. The van der Waals surface area contributed by atoms with Gasteiger partial charge in [-0.3, -0.25) is 9.59 Å². The van der Waals surface area contributed by atoms with Crippen molar-refractivity contribution in [3.8, 4) is 5.75 Å². The minimum atomic E-state index is -0.967. The van der Waals surface area contributed by atoms with Crippen LogP contribution in [0.25, 0.3) is 0 Å². The standard InChI is InChI=1S/C32H47N3O5/c1-20(2)18-26(34-30(38)40-32(8,9)10)29(37)35(31(5,6)7)27(25-17-12-21(3)19-22(25)4)28(36)33-23-13-15-24(39-11)16-14-23/h12-17,19-20,26-27H,18H2,1-11H3,(H,33,36)(H,34,38). The number of amides is 3. The molecule has 8 heteroatoms. The maximum Gasteiger partial charge on any atom is 0.408 e. The van der Waals surface area contributed by atoms with E-state index in [2.05, 4.69) is 10.6 Å². The molecule has 0 aliphatic heterocycles. The number of rotatable bonds is 9. The molecule has 8 nitrogen and oxygen atoms in total. The molecule has 0 fully saturated rings. The molecule has 2 aromatic rings. The van der Waals surface area contributed by atoms with Gasteiger partial charge < -0.3 is 25.0 Å². The van der Waals surface area contributed by atoms with Crippen LogP contribution in [0.3, 0.4) is 0 Å². The van der Waals surface area contributed by atoms with Crippen LogP contribution in [-0.4, -0.2) is 47.1 Å². The van der Waals surface area contributed by atoms with Gasteiger partial charge in [-0.05, 0) is 103 Å². The zero-order valence-corrected chi connectivity index (χ0v) is 26.0. The normalized spacial score (nSPS) is 13.3. The average molecular weight is 554 g/mol. The molecule has 0 heterocycles. The number of nitrogens with one attached hydrogen (secondary N) is 2. The smallest absolute Gasteiger partial charge is 0.408 e. The van der Waals surface area contributed by atoms with Gasteiger partial charge in [0.05, 0.1) is 7.11 Å². The third-order valence-electron chi connectivity index (χ3n) is 6.24. The zero-order valence-electron chi connectivity index (χ0n) is 26.0. The van der Waals surface area contributed by atoms with Crippen LogP contribution >= 0.6 is 0 Å². The first-order valence-electron chi connectivity index (χ1n) is 13.8. The van der Waals surface area contributed by atoms with Crippen molar-refractivity contribution in [2.75, 3.05) is 12.4 Å². The van der Waals surface area contributed by atoms with Crippen LogP contribution in [0.4, 0.5) is 10.5 Å². The number of ether oxygens (including phenoxy) is 2. The molecule has 220 valence electrons. The van der Waals surface area contributed by atoms with E-state index in [1.807, 2.05) is 66.7 Å². The largest absolute Gasteiger partial charge is 0.497 e. The number of hydrogen-bond acceptors (Lipinski definition) is 5. The molecule has 0 aromatic heterocycles. The molecule has 2 N–H and O–H groups in total. The Morgan fingerprint density at radius 2 is 1.52 bits per heavy atom. The van der Waals surface area contributed by atoms with Crippen molar-refractivity contribution in [1.29, 1.82) is 0 Å². The first kappa shape index (κ1) is 32.7. The predicted octanol–water partition coefficient (Wildman–Crippen LogP) is 6.56. The van der Waals surface area contributed by atoms with Gasteiger partial charge in [0.15, 0.2) is 0 Å². The third-order valence-corrected chi connectivity index (χ3v) is 6.24. The molecule has 0 saturated heterocycles. The summed E-state index contributed by atoms with van der Waals surface area (Å²) in [5, 5.41) is 5.78. The van der Waals surface area contributed by atoms with E-state index >= 15 is 0 Å². The van der Waals surface area contributed by atoms with E-state index in [1.54, 1.807) is 57.0 Å². The van der Waals surface area contributed by atoms with Crippen molar-refractivity contribution in [2.24, 2.45) is 5.92 Å². The summed E-state index contributed by atoms with van der Waals surface area (Å²) in [5.74, 6) is 0.0430. The molecule has 0 radical (unpaired) electrons. The number of benzene rings is 2. The zero-order chi connectivity index (χ0) is 30.4. The Labute approximate surface area is 239 Å². The summed E-state index contributed by atoms with van der Waals surface area (Å²) < 4.78 is 10.7. The second-order valence-electron chi connectivity index (χ2n) is 12.7. The fourth-order valence-electron chi connectivity index (χ4n) is 4.57. The quantitative estimate of drug-likeness (QED) is 0.367. The van der Waals surface area contributed by atoms with E-state index in [0.29, 0.717) is 23.4 Å². The topological polar surface area (TPSA) is 97.0 Å². The molecule has 2 rings (SSSR count). The molecular weight excluding hydrogens is 506 g/mol. The molecule has 2 unspecified atom stereocenters. The van der Waals surface area contributed by atoms with Crippen LogP contribution in [0.1, 0.15) is 84.5 Å². The fourth-order valence-corrected chi connectivity index (χ4v) is 4.57. The minimum Gasteiger partial charge on any atom is -0.497 e. The van der Waals surface area contributed by atoms with Crippen LogP contribution in [0.15, 0.2) is 42.5 Å². The van der Waals surface area contributed by atoms with Crippen LogP contribution in [0.2, 0.25) is 0 Å². The van der Waals surface area contributed by atoms with Crippen LogP contribution < -0.4 is 15.4 Å². The van der Waals surface area contributed by atoms with Gasteiger partial charge in [0.2, 0.25) is 5.91 Å². The van der Waals surface area contributed by atoms with Crippen molar-refractivity contribution >= 4 is 23.6 Å². The van der Waals surface area contributed by atoms with Crippen molar-refractivity contribution in [3.05, 3.63) is 59.2 Å². The summed E-state index contributed by atoms with van der Waals surface area (Å²) in [7, 11) is 1.58. The number of nitrogens with zero attached hydrogens (tertiary/aromatic N) is 1. The van der Waals surface area contributed by atoms with E-state index in [4.69, 9.17) is 9.47 Å². The second-order valence-corrected chi connectivity index (χ2v) is 12.7. The van der Waals surface area contributed by atoms with Crippen LogP contribution in [0.5, 0.6) is 5.75 Å². The summed E-state index contributed by atoms with van der Waals surface area (Å²) in [6, 6.07) is 11.0. The van der Waals surface area contributed by atoms with Crippen molar-refractivity contribution < 1.29 is 23.9 Å². The van der Waals surface area contributed by atoms with Crippen molar-refractivity contribution in [3.63, 3.8) is 0 Å². The van der Waals surface area contributed by atoms with Gasteiger partial charge in [-0.25, -0.2) is 4.79 Å². The lowest BCUT2D eigenvalue weighted by Gasteiger charge is -2.43. The number of hydrogen-bond donors (Lipinski definition) is 2. The summed E-state index contributed by atoms with van der Waals surface area (Å²) in [5.41, 5.74) is 1.72. The molecular formula is C32H47N3O5. The Kier molecular flexibility index (Phi) is 10.8. The van der Waals surface area contributed by atoms with Gasteiger partial charge in [0.1, 0.15) is 23.4 Å². The third kappa shape index (κ3) is 9.28. The Balaban J connectivity index is 2.62.